The molecule has 1 atom stereocenters. The van der Waals surface area contributed by atoms with Crippen LogP contribution in [0.1, 0.15) is 33.8 Å². The second-order valence-corrected chi connectivity index (χ2v) is 6.32. The monoisotopic (exact) mass is 329 g/mol. The summed E-state index contributed by atoms with van der Waals surface area (Å²) in [5, 5.41) is 16.0. The smallest absolute Gasteiger partial charge is 0.273 e. The first kappa shape index (κ1) is 16.5. The van der Waals surface area contributed by atoms with E-state index in [1.54, 1.807) is 6.92 Å². The van der Waals surface area contributed by atoms with E-state index in [2.05, 4.69) is 40.5 Å². The Balaban J connectivity index is 1.56. The van der Waals surface area contributed by atoms with Crippen molar-refractivity contribution < 1.29 is 14.4 Å². The van der Waals surface area contributed by atoms with Crippen LogP contribution in [0, 0.1) is 19.8 Å². The zero-order valence-electron chi connectivity index (χ0n) is 14.1. The second-order valence-electron chi connectivity index (χ2n) is 6.32. The highest BCUT2D eigenvalue weighted by atomic mass is 16.5. The summed E-state index contributed by atoms with van der Waals surface area (Å²) in [5.74, 6) is 0.596. The lowest BCUT2D eigenvalue weighted by atomic mass is 10.1. The van der Waals surface area contributed by atoms with E-state index in [1.165, 1.54) is 11.3 Å². The first-order chi connectivity index (χ1) is 11.6. The van der Waals surface area contributed by atoms with Gasteiger partial charge in [0.15, 0.2) is 5.69 Å². The summed E-state index contributed by atoms with van der Waals surface area (Å²) in [6, 6.07) is 8.36. The molecule has 0 aliphatic carbocycles. The molecule has 0 radical (unpaired) electrons. The van der Waals surface area contributed by atoms with Crippen molar-refractivity contribution in [3.05, 3.63) is 46.8 Å². The molecule has 1 saturated heterocycles. The highest BCUT2D eigenvalue weighted by Gasteiger charge is 2.25. The number of hydrogen-bond donors (Lipinski definition) is 2. The van der Waals surface area contributed by atoms with Crippen molar-refractivity contribution in [1.29, 1.82) is 0 Å². The number of para-hydroxylation sites is 1. The minimum absolute atomic E-state index is 0.184. The molecule has 6 heteroatoms. The van der Waals surface area contributed by atoms with E-state index in [1.807, 2.05) is 6.07 Å². The number of anilines is 1. The van der Waals surface area contributed by atoms with Gasteiger partial charge in [0, 0.05) is 25.3 Å². The van der Waals surface area contributed by atoms with Crippen molar-refractivity contribution in [1.82, 2.24) is 10.5 Å². The zero-order valence-corrected chi connectivity index (χ0v) is 14.1. The maximum absolute atomic E-state index is 12.2. The first-order valence-electron chi connectivity index (χ1n) is 8.25. The average Bonchev–Trinajstić information content (AvgIpc) is 3.19. The van der Waals surface area contributed by atoms with Crippen LogP contribution in [-0.2, 0) is 6.61 Å². The molecule has 6 nitrogen and oxygen atoms in total. The van der Waals surface area contributed by atoms with Gasteiger partial charge < -0.3 is 19.8 Å². The average molecular weight is 329 g/mol. The third-order valence-electron chi connectivity index (χ3n) is 4.65. The minimum atomic E-state index is -0.287. The molecule has 3 rings (SSSR count). The van der Waals surface area contributed by atoms with E-state index in [4.69, 9.17) is 4.52 Å². The Hall–Kier alpha value is -2.34. The van der Waals surface area contributed by atoms with Gasteiger partial charge in [-0.3, -0.25) is 4.79 Å². The van der Waals surface area contributed by atoms with Crippen molar-refractivity contribution in [3.8, 4) is 0 Å². The van der Waals surface area contributed by atoms with Gasteiger partial charge in [-0.2, -0.15) is 0 Å². The van der Waals surface area contributed by atoms with Gasteiger partial charge in [-0.15, -0.1) is 0 Å². The molecular weight excluding hydrogens is 306 g/mol. The van der Waals surface area contributed by atoms with E-state index >= 15 is 0 Å². The number of aromatic nitrogens is 1. The summed E-state index contributed by atoms with van der Waals surface area (Å²) in [6.45, 7) is 6.08. The normalized spacial score (nSPS) is 17.3. The Morgan fingerprint density at radius 3 is 2.96 bits per heavy atom. The van der Waals surface area contributed by atoms with Gasteiger partial charge in [0.1, 0.15) is 5.76 Å². The molecule has 1 aliphatic rings. The number of aryl methyl sites for hydroxylation is 2. The molecule has 128 valence electrons. The molecule has 2 heterocycles. The van der Waals surface area contributed by atoms with Crippen molar-refractivity contribution in [2.75, 3.05) is 24.5 Å². The predicted octanol–water partition coefficient (Wildman–Crippen LogP) is 2.04. The fraction of sp³-hybridized carbons (Fsp3) is 0.444. The first-order valence-corrected chi connectivity index (χ1v) is 8.25. The van der Waals surface area contributed by atoms with Gasteiger partial charge >= 0.3 is 0 Å². The standard InChI is InChI=1S/C18H23N3O3/c1-12-5-3-4-6-16(12)21-8-7-14(10-21)9-19-18(23)17-15(11-22)13(2)24-20-17/h3-6,14,22H,7-11H2,1-2H3,(H,19,23)/t14-/m0/s1. The molecule has 1 fully saturated rings. The van der Waals surface area contributed by atoms with Gasteiger partial charge in [-0.1, -0.05) is 23.4 Å². The molecule has 0 spiro atoms. The Kier molecular flexibility index (Phi) is 4.85. The van der Waals surface area contributed by atoms with E-state index in [9.17, 15) is 9.90 Å². The van der Waals surface area contributed by atoms with E-state index < -0.39 is 0 Å². The number of rotatable bonds is 5. The van der Waals surface area contributed by atoms with Crippen LogP contribution in [0.25, 0.3) is 0 Å². The quantitative estimate of drug-likeness (QED) is 0.878. The van der Waals surface area contributed by atoms with Crippen LogP contribution in [0.15, 0.2) is 28.8 Å². The number of aliphatic hydroxyl groups excluding tert-OH is 1. The predicted molar refractivity (Wildman–Crippen MR) is 91.0 cm³/mol. The molecule has 1 aliphatic heterocycles. The number of aliphatic hydroxyl groups is 1. The fourth-order valence-electron chi connectivity index (χ4n) is 3.21. The van der Waals surface area contributed by atoms with Crippen molar-refractivity contribution in [3.63, 3.8) is 0 Å². The largest absolute Gasteiger partial charge is 0.391 e. The summed E-state index contributed by atoms with van der Waals surface area (Å²) in [6.07, 6.45) is 1.04. The molecule has 0 saturated carbocycles. The van der Waals surface area contributed by atoms with E-state index in [0.29, 0.717) is 23.8 Å². The number of nitrogens with one attached hydrogen (secondary N) is 1. The van der Waals surface area contributed by atoms with Gasteiger partial charge in [0.25, 0.3) is 5.91 Å². The number of carbonyl (C=O) groups excluding carboxylic acids is 1. The molecular formula is C18H23N3O3. The molecule has 1 aromatic carbocycles. The van der Waals surface area contributed by atoms with Gasteiger partial charge in [-0.05, 0) is 37.8 Å². The summed E-state index contributed by atoms with van der Waals surface area (Å²) in [5.41, 5.74) is 3.18. The van der Waals surface area contributed by atoms with Crippen molar-refractivity contribution >= 4 is 11.6 Å². The van der Waals surface area contributed by atoms with E-state index in [-0.39, 0.29) is 18.2 Å². The Labute approximate surface area is 141 Å². The Morgan fingerprint density at radius 2 is 2.21 bits per heavy atom. The lowest BCUT2D eigenvalue weighted by Crippen LogP contribution is -2.31. The maximum Gasteiger partial charge on any atom is 0.273 e. The summed E-state index contributed by atoms with van der Waals surface area (Å²) in [7, 11) is 0. The molecule has 24 heavy (non-hydrogen) atoms. The molecule has 1 amide bonds. The Bertz CT molecular complexity index is 726. The molecule has 0 bridgehead atoms. The van der Waals surface area contributed by atoms with E-state index in [0.717, 1.165) is 19.5 Å². The maximum atomic E-state index is 12.2. The number of carbonyl (C=O) groups is 1. The third-order valence-corrected chi connectivity index (χ3v) is 4.65. The van der Waals surface area contributed by atoms with Crippen LogP contribution in [0.2, 0.25) is 0 Å². The van der Waals surface area contributed by atoms with Crippen molar-refractivity contribution in [2.45, 2.75) is 26.9 Å². The van der Waals surface area contributed by atoms with Crippen LogP contribution < -0.4 is 10.2 Å². The van der Waals surface area contributed by atoms with Crippen LogP contribution in [0.3, 0.4) is 0 Å². The van der Waals surface area contributed by atoms with Crippen LogP contribution in [-0.4, -0.2) is 35.8 Å². The number of hydrogen-bond acceptors (Lipinski definition) is 5. The topological polar surface area (TPSA) is 78.6 Å². The van der Waals surface area contributed by atoms with Crippen LogP contribution in [0.5, 0.6) is 0 Å². The van der Waals surface area contributed by atoms with Crippen LogP contribution >= 0.6 is 0 Å². The molecule has 2 aromatic rings. The second kappa shape index (κ2) is 7.05. The van der Waals surface area contributed by atoms with Crippen molar-refractivity contribution in [2.24, 2.45) is 5.92 Å². The lowest BCUT2D eigenvalue weighted by molar-refractivity contribution is 0.0936. The lowest BCUT2D eigenvalue weighted by Gasteiger charge is -2.21. The highest BCUT2D eigenvalue weighted by molar-refractivity contribution is 5.93. The number of benzene rings is 1. The van der Waals surface area contributed by atoms with Crippen LogP contribution in [0.4, 0.5) is 5.69 Å². The highest BCUT2D eigenvalue weighted by Crippen LogP contribution is 2.26. The fourth-order valence-corrected chi connectivity index (χ4v) is 3.21. The Morgan fingerprint density at radius 1 is 1.42 bits per heavy atom. The zero-order chi connectivity index (χ0) is 17.1. The summed E-state index contributed by atoms with van der Waals surface area (Å²) >= 11 is 0. The number of nitrogens with zero attached hydrogens (tertiary/aromatic N) is 2. The summed E-state index contributed by atoms with van der Waals surface area (Å²) < 4.78 is 4.99. The van der Waals surface area contributed by atoms with Gasteiger partial charge in [0.05, 0.1) is 12.2 Å². The van der Waals surface area contributed by atoms with Gasteiger partial charge in [0.2, 0.25) is 0 Å². The molecule has 0 unspecified atom stereocenters. The van der Waals surface area contributed by atoms with Gasteiger partial charge in [-0.25, -0.2) is 0 Å². The minimum Gasteiger partial charge on any atom is -0.391 e. The molecule has 1 aromatic heterocycles. The molecule has 2 N–H and O–H groups in total. The SMILES string of the molecule is Cc1ccccc1N1CC[C@@H](CNC(=O)c2noc(C)c2CO)C1. The summed E-state index contributed by atoms with van der Waals surface area (Å²) in [4.78, 5) is 14.6. The number of amides is 1. The third kappa shape index (κ3) is 3.28.